The molecular formula is C40H54N4O5S. The number of benzene rings is 1. The number of hydrogen-bond donors (Lipinski definition) is 1. The molecule has 10 heteroatoms. The average molecular weight is 703 g/mol. The zero-order chi connectivity index (χ0) is 35.4. The summed E-state index contributed by atoms with van der Waals surface area (Å²) < 4.78 is 11.4. The molecule has 0 unspecified atom stereocenters. The molecule has 1 aliphatic heterocycles. The number of anilines is 1. The average Bonchev–Trinajstić information content (AvgIpc) is 3.63. The number of aryl methyl sites for hydroxylation is 1. The molecule has 6 rings (SSSR count). The zero-order valence-electron chi connectivity index (χ0n) is 30.4. The Morgan fingerprint density at radius 2 is 1.68 bits per heavy atom. The highest BCUT2D eigenvalue weighted by Crippen LogP contribution is 2.39. The summed E-state index contributed by atoms with van der Waals surface area (Å²) in [4.78, 5) is 41.5. The van der Waals surface area contributed by atoms with E-state index in [1.165, 1.54) is 11.1 Å². The third kappa shape index (κ3) is 8.68. The van der Waals surface area contributed by atoms with Crippen molar-refractivity contribution in [1.82, 2.24) is 14.9 Å². The van der Waals surface area contributed by atoms with Gasteiger partial charge < -0.3 is 19.5 Å². The Morgan fingerprint density at radius 1 is 0.960 bits per heavy atom. The summed E-state index contributed by atoms with van der Waals surface area (Å²) in [7, 11) is 1.72. The predicted octanol–water partition coefficient (Wildman–Crippen LogP) is 8.28. The predicted molar refractivity (Wildman–Crippen MR) is 198 cm³/mol. The molecule has 0 spiro atoms. The van der Waals surface area contributed by atoms with E-state index in [9.17, 15) is 14.7 Å². The lowest BCUT2D eigenvalue weighted by molar-refractivity contribution is -0.124. The maximum absolute atomic E-state index is 14.5. The van der Waals surface area contributed by atoms with Crippen LogP contribution in [-0.4, -0.2) is 70.9 Å². The quantitative estimate of drug-likeness (QED) is 0.252. The van der Waals surface area contributed by atoms with Gasteiger partial charge in [-0.2, -0.15) is 0 Å². The van der Waals surface area contributed by atoms with Crippen molar-refractivity contribution in [2.45, 2.75) is 115 Å². The van der Waals surface area contributed by atoms with Gasteiger partial charge in [-0.15, -0.1) is 11.3 Å². The third-order valence-electron chi connectivity index (χ3n) is 10.9. The van der Waals surface area contributed by atoms with E-state index in [0.29, 0.717) is 75.8 Å². The van der Waals surface area contributed by atoms with Gasteiger partial charge in [0, 0.05) is 43.4 Å². The molecular weight excluding hydrogens is 649 g/mol. The molecule has 270 valence electrons. The maximum Gasteiger partial charge on any atom is 0.410 e. The van der Waals surface area contributed by atoms with E-state index in [4.69, 9.17) is 19.4 Å². The van der Waals surface area contributed by atoms with Crippen molar-refractivity contribution in [1.29, 1.82) is 0 Å². The fourth-order valence-electron chi connectivity index (χ4n) is 7.78. The second-order valence-corrected chi connectivity index (χ2v) is 16.7. The van der Waals surface area contributed by atoms with Crippen LogP contribution in [0.4, 0.5) is 10.6 Å². The van der Waals surface area contributed by atoms with Crippen LogP contribution in [0, 0.1) is 18.8 Å². The Morgan fingerprint density at radius 3 is 2.32 bits per heavy atom. The van der Waals surface area contributed by atoms with Gasteiger partial charge in [0.2, 0.25) is 5.91 Å². The lowest BCUT2D eigenvalue weighted by atomic mass is 9.78. The van der Waals surface area contributed by atoms with Crippen LogP contribution in [0.15, 0.2) is 42.7 Å². The number of amides is 2. The molecule has 3 aliphatic rings. The molecule has 3 heterocycles. The molecule has 2 aromatic heterocycles. The number of hydrogen-bond acceptors (Lipinski definition) is 8. The monoisotopic (exact) mass is 702 g/mol. The molecule has 3 aromatic rings. The van der Waals surface area contributed by atoms with Gasteiger partial charge >= 0.3 is 6.09 Å². The SMILES string of the molecule is COc1ccc([C@H]2CC[C@H](CN(c3cc(-c4cnc(C(C)(C)C)s4)ccn3)C(=O)[C@H]3CC[C@H](OC(=O)N4CCC(O)CC4)CC3)CC2)cc1C. The van der Waals surface area contributed by atoms with Crippen molar-refractivity contribution in [3.05, 3.63) is 58.9 Å². The normalized spacial score (nSPS) is 23.4. The third-order valence-corrected chi connectivity index (χ3v) is 12.4. The summed E-state index contributed by atoms with van der Waals surface area (Å²) in [5, 5.41) is 10.9. The number of likely N-dealkylation sites (tertiary alicyclic amines) is 1. The summed E-state index contributed by atoms with van der Waals surface area (Å²) >= 11 is 1.69. The van der Waals surface area contributed by atoms with Gasteiger partial charge in [0.05, 0.1) is 23.1 Å². The van der Waals surface area contributed by atoms with Crippen LogP contribution in [0.2, 0.25) is 0 Å². The first-order chi connectivity index (χ1) is 24.0. The number of rotatable bonds is 8. The van der Waals surface area contributed by atoms with E-state index < -0.39 is 0 Å². The summed E-state index contributed by atoms with van der Waals surface area (Å²) in [6.45, 7) is 10.3. The zero-order valence-corrected chi connectivity index (χ0v) is 31.2. The van der Waals surface area contributed by atoms with Crippen molar-refractivity contribution >= 4 is 29.2 Å². The molecule has 2 amide bonds. The van der Waals surface area contributed by atoms with E-state index in [-0.39, 0.29) is 35.5 Å². The number of carbonyl (C=O) groups excluding carboxylic acids is 2. The standard InChI is InChI=1S/C40H54N4O5S/c1-26-22-30(12-15-34(26)48-5)28-8-6-27(7-9-28)25-44(36-23-31(16-19-41-36)35-24-42-38(50-35)40(2,3)4)37(46)29-10-13-33(14-11-29)49-39(47)43-20-17-32(45)18-21-43/h12,15-16,19,22-24,27-29,32-33,45H,6-11,13-14,17-18,20-21,25H2,1-5H3/t27-,28-,29-,33-. The van der Waals surface area contributed by atoms with Gasteiger partial charge in [-0.1, -0.05) is 32.9 Å². The number of nitrogens with zero attached hydrogens (tertiary/aromatic N) is 4. The van der Waals surface area contributed by atoms with Crippen molar-refractivity contribution in [2.24, 2.45) is 11.8 Å². The van der Waals surface area contributed by atoms with Gasteiger partial charge in [0.1, 0.15) is 17.7 Å². The number of aliphatic hydroxyl groups excluding tert-OH is 1. The summed E-state index contributed by atoms with van der Waals surface area (Å²) in [5.74, 6) is 2.50. The summed E-state index contributed by atoms with van der Waals surface area (Å²) in [6.07, 6.45) is 11.1. The molecule has 1 aromatic carbocycles. The van der Waals surface area contributed by atoms with E-state index in [2.05, 4.69) is 52.0 Å². The van der Waals surface area contributed by atoms with E-state index in [1.807, 2.05) is 23.4 Å². The number of aliphatic hydroxyl groups is 1. The molecule has 2 saturated carbocycles. The minimum absolute atomic E-state index is 0.0342. The van der Waals surface area contributed by atoms with Crippen LogP contribution in [0.5, 0.6) is 5.75 Å². The van der Waals surface area contributed by atoms with Crippen LogP contribution in [-0.2, 0) is 14.9 Å². The number of piperidine rings is 1. The van der Waals surface area contributed by atoms with Crippen LogP contribution in [0.1, 0.15) is 107 Å². The van der Waals surface area contributed by atoms with Crippen LogP contribution >= 0.6 is 11.3 Å². The molecule has 0 bridgehead atoms. The Bertz CT molecular complexity index is 1610. The first-order valence-electron chi connectivity index (χ1n) is 18.5. The first kappa shape index (κ1) is 36.3. The molecule has 1 saturated heterocycles. The Hall–Kier alpha value is -3.50. The second-order valence-electron chi connectivity index (χ2n) is 15.7. The smallest absolute Gasteiger partial charge is 0.410 e. The maximum atomic E-state index is 14.5. The number of methoxy groups -OCH3 is 1. The number of pyridine rings is 1. The second kappa shape index (κ2) is 15.8. The highest BCUT2D eigenvalue weighted by atomic mass is 32.1. The van der Waals surface area contributed by atoms with Gasteiger partial charge in [0.25, 0.3) is 0 Å². The molecule has 50 heavy (non-hydrogen) atoms. The largest absolute Gasteiger partial charge is 0.496 e. The van der Waals surface area contributed by atoms with Gasteiger partial charge in [-0.25, -0.2) is 14.8 Å². The molecule has 1 N–H and O–H groups in total. The summed E-state index contributed by atoms with van der Waals surface area (Å²) in [5.41, 5.74) is 3.54. The molecule has 3 fully saturated rings. The minimum Gasteiger partial charge on any atom is -0.496 e. The fraction of sp³-hybridized carbons (Fsp3) is 0.600. The van der Waals surface area contributed by atoms with Crippen LogP contribution < -0.4 is 9.64 Å². The first-order valence-corrected chi connectivity index (χ1v) is 19.3. The van der Waals surface area contributed by atoms with Crippen molar-refractivity contribution in [3.8, 4) is 16.2 Å². The van der Waals surface area contributed by atoms with Crippen LogP contribution in [0.3, 0.4) is 0 Å². The lowest BCUT2D eigenvalue weighted by Gasteiger charge is -2.36. The molecule has 9 nitrogen and oxygen atoms in total. The van der Waals surface area contributed by atoms with E-state index in [1.54, 1.807) is 23.3 Å². The van der Waals surface area contributed by atoms with Crippen molar-refractivity contribution < 1.29 is 24.2 Å². The molecule has 0 radical (unpaired) electrons. The van der Waals surface area contributed by atoms with Gasteiger partial charge in [0.15, 0.2) is 0 Å². The molecule has 0 atom stereocenters. The van der Waals surface area contributed by atoms with E-state index in [0.717, 1.165) is 46.9 Å². The summed E-state index contributed by atoms with van der Waals surface area (Å²) in [6, 6.07) is 10.6. The highest BCUT2D eigenvalue weighted by molar-refractivity contribution is 7.15. The number of ether oxygens (including phenoxy) is 2. The number of thiazole rings is 1. The fourth-order valence-corrected chi connectivity index (χ4v) is 8.75. The lowest BCUT2D eigenvalue weighted by Crippen LogP contribution is -2.44. The van der Waals surface area contributed by atoms with Crippen molar-refractivity contribution in [3.63, 3.8) is 0 Å². The molecule has 2 aliphatic carbocycles. The van der Waals surface area contributed by atoms with Gasteiger partial charge in [-0.05, 0) is 118 Å². The van der Waals surface area contributed by atoms with Gasteiger partial charge in [-0.3, -0.25) is 9.69 Å². The van der Waals surface area contributed by atoms with Crippen LogP contribution in [0.25, 0.3) is 10.4 Å². The Kier molecular flexibility index (Phi) is 11.5. The highest BCUT2D eigenvalue weighted by Gasteiger charge is 2.35. The Balaban J connectivity index is 1.15. The topological polar surface area (TPSA) is 105 Å². The van der Waals surface area contributed by atoms with Crippen molar-refractivity contribution in [2.75, 3.05) is 31.6 Å². The minimum atomic E-state index is -0.339. The number of carbonyl (C=O) groups is 2. The number of aromatic nitrogens is 2. The Labute approximate surface area is 301 Å². The van der Waals surface area contributed by atoms with E-state index >= 15 is 0 Å².